The van der Waals surface area contributed by atoms with E-state index in [0.717, 1.165) is 12.1 Å². The minimum absolute atomic E-state index is 0.0180. The van der Waals surface area contributed by atoms with E-state index in [-0.39, 0.29) is 23.6 Å². The molecule has 2 amide bonds. The number of nitrogens with zero attached hydrogens (tertiary/aromatic N) is 3. The Morgan fingerprint density at radius 3 is 2.76 bits per heavy atom. The topological polar surface area (TPSA) is 100 Å². The van der Waals surface area contributed by atoms with E-state index in [1.54, 1.807) is 24.4 Å². The Hall–Kier alpha value is -3.75. The van der Waals surface area contributed by atoms with E-state index < -0.39 is 4.92 Å². The van der Waals surface area contributed by atoms with E-state index in [0.29, 0.717) is 29.7 Å². The zero-order valence-electron chi connectivity index (χ0n) is 15.3. The van der Waals surface area contributed by atoms with Crippen molar-refractivity contribution in [1.29, 1.82) is 0 Å². The maximum atomic E-state index is 13.0. The van der Waals surface area contributed by atoms with Crippen LogP contribution in [-0.4, -0.2) is 35.1 Å². The monoisotopic (exact) mass is 395 g/mol. The Kier molecular flexibility index (Phi) is 4.94. The minimum Gasteiger partial charge on any atom is -0.368 e. The minimum atomic E-state index is -0.415. The van der Waals surface area contributed by atoms with Crippen molar-refractivity contribution in [3.63, 3.8) is 0 Å². The summed E-state index contributed by atoms with van der Waals surface area (Å²) in [4.78, 5) is 29.5. The highest BCUT2D eigenvalue weighted by Gasteiger charge is 2.27. The van der Waals surface area contributed by atoms with Crippen molar-refractivity contribution in [3.8, 4) is 0 Å². The van der Waals surface area contributed by atoms with Crippen LogP contribution in [0.5, 0.6) is 0 Å². The smallest absolute Gasteiger partial charge is 0.319 e. The van der Waals surface area contributed by atoms with E-state index in [1.807, 2.05) is 0 Å². The molecule has 148 valence electrons. The van der Waals surface area contributed by atoms with Gasteiger partial charge in [0.25, 0.3) is 5.69 Å². The van der Waals surface area contributed by atoms with Gasteiger partial charge in [0.15, 0.2) is 0 Å². The number of urea groups is 1. The molecule has 8 nitrogen and oxygen atoms in total. The number of carbonyl (C=O) groups is 1. The normalized spacial score (nSPS) is 16.0. The number of aromatic nitrogens is 1. The third-order valence-electron chi connectivity index (χ3n) is 4.89. The number of non-ortho nitro benzene ring substituents is 1. The first kappa shape index (κ1) is 18.6. The van der Waals surface area contributed by atoms with Crippen LogP contribution < -0.4 is 15.5 Å². The molecule has 4 rings (SSSR count). The Balaban J connectivity index is 1.46. The van der Waals surface area contributed by atoms with Crippen molar-refractivity contribution in [2.24, 2.45) is 0 Å². The molecule has 2 N–H and O–H groups in total. The summed E-state index contributed by atoms with van der Waals surface area (Å²) in [6.45, 7) is 1.24. The molecule has 1 unspecified atom stereocenters. The Bertz CT molecular complexity index is 1070. The second-order valence-corrected chi connectivity index (χ2v) is 6.80. The van der Waals surface area contributed by atoms with Crippen LogP contribution in [0.1, 0.15) is 6.42 Å². The van der Waals surface area contributed by atoms with Crippen molar-refractivity contribution in [2.45, 2.75) is 12.5 Å². The van der Waals surface area contributed by atoms with E-state index >= 15 is 0 Å². The molecule has 0 aliphatic carbocycles. The lowest BCUT2D eigenvalue weighted by atomic mass is 10.1. The number of nitro groups is 1. The molecule has 1 fully saturated rings. The SMILES string of the molecule is O=C(Nc1ccc(F)cc1)NC1CCN(c2ccc([N+](=O)[O-])c3cccnc23)C1. The standard InChI is InChI=1S/C20H18FN5O3/c21-13-3-5-14(6-4-13)23-20(27)24-15-9-11-25(12-15)18-8-7-17(26(28)29)16-2-1-10-22-19(16)18/h1-8,10,15H,9,11-12H2,(H2,23,24,27). The maximum Gasteiger partial charge on any atom is 0.319 e. The number of hydrogen-bond acceptors (Lipinski definition) is 5. The summed E-state index contributed by atoms with van der Waals surface area (Å²) in [7, 11) is 0. The Morgan fingerprint density at radius 1 is 1.21 bits per heavy atom. The fourth-order valence-electron chi connectivity index (χ4n) is 3.54. The number of halogens is 1. The van der Waals surface area contributed by atoms with Gasteiger partial charge in [-0.2, -0.15) is 0 Å². The molecule has 1 aliphatic heterocycles. The predicted octanol–water partition coefficient (Wildman–Crippen LogP) is 3.68. The van der Waals surface area contributed by atoms with Crippen LogP contribution in [-0.2, 0) is 0 Å². The van der Waals surface area contributed by atoms with Crippen molar-refractivity contribution < 1.29 is 14.1 Å². The van der Waals surface area contributed by atoms with Crippen LogP contribution in [0.15, 0.2) is 54.7 Å². The molecule has 3 aromatic rings. The van der Waals surface area contributed by atoms with E-state index in [2.05, 4.69) is 20.5 Å². The fraction of sp³-hybridized carbons (Fsp3) is 0.200. The molecule has 1 atom stereocenters. The summed E-state index contributed by atoms with van der Waals surface area (Å²) < 4.78 is 13.0. The lowest BCUT2D eigenvalue weighted by Gasteiger charge is -2.20. The lowest BCUT2D eigenvalue weighted by Crippen LogP contribution is -2.39. The van der Waals surface area contributed by atoms with Crippen LogP contribution >= 0.6 is 0 Å². The third kappa shape index (κ3) is 3.93. The molecular formula is C20H18FN5O3. The summed E-state index contributed by atoms with van der Waals surface area (Å²) in [6.07, 6.45) is 2.33. The molecule has 0 saturated carbocycles. The average Bonchev–Trinajstić information content (AvgIpc) is 3.16. The van der Waals surface area contributed by atoms with Crippen LogP contribution in [0.4, 0.5) is 26.2 Å². The molecule has 1 aromatic heterocycles. The van der Waals surface area contributed by atoms with E-state index in [1.165, 1.54) is 30.3 Å². The second-order valence-electron chi connectivity index (χ2n) is 6.80. The first-order chi connectivity index (χ1) is 14.0. The average molecular weight is 395 g/mol. The molecule has 0 spiro atoms. The van der Waals surface area contributed by atoms with Gasteiger partial charge in [-0.25, -0.2) is 9.18 Å². The number of nitro benzene ring substituents is 1. The molecule has 9 heteroatoms. The number of nitrogens with one attached hydrogen (secondary N) is 2. The zero-order chi connectivity index (χ0) is 20.4. The zero-order valence-corrected chi connectivity index (χ0v) is 15.3. The van der Waals surface area contributed by atoms with Crippen LogP contribution in [0, 0.1) is 15.9 Å². The summed E-state index contributed by atoms with van der Waals surface area (Å²) in [5.74, 6) is -0.369. The highest BCUT2D eigenvalue weighted by Crippen LogP contribution is 2.33. The van der Waals surface area contributed by atoms with Crippen LogP contribution in [0.2, 0.25) is 0 Å². The number of hydrogen-bond donors (Lipinski definition) is 2. The number of amides is 2. The summed E-state index contributed by atoms with van der Waals surface area (Å²) in [5, 5.41) is 17.3. The van der Waals surface area contributed by atoms with E-state index in [4.69, 9.17) is 0 Å². The van der Waals surface area contributed by atoms with Gasteiger partial charge < -0.3 is 15.5 Å². The maximum absolute atomic E-state index is 13.0. The van der Waals surface area contributed by atoms with Gasteiger partial charge in [-0.15, -0.1) is 0 Å². The highest BCUT2D eigenvalue weighted by molar-refractivity contribution is 5.97. The molecule has 1 saturated heterocycles. The van der Waals surface area contributed by atoms with Gasteiger partial charge in [0.2, 0.25) is 0 Å². The molecule has 2 heterocycles. The van der Waals surface area contributed by atoms with Crippen LogP contribution in [0.25, 0.3) is 10.9 Å². The summed E-state index contributed by atoms with van der Waals surface area (Å²) in [5.41, 5.74) is 1.89. The third-order valence-corrected chi connectivity index (χ3v) is 4.89. The fourth-order valence-corrected chi connectivity index (χ4v) is 3.54. The summed E-state index contributed by atoms with van der Waals surface area (Å²) >= 11 is 0. The molecular weight excluding hydrogens is 377 g/mol. The first-order valence-corrected chi connectivity index (χ1v) is 9.11. The Morgan fingerprint density at radius 2 is 2.00 bits per heavy atom. The van der Waals surface area contributed by atoms with Crippen molar-refractivity contribution in [2.75, 3.05) is 23.3 Å². The number of benzene rings is 2. The first-order valence-electron chi connectivity index (χ1n) is 9.11. The predicted molar refractivity (Wildman–Crippen MR) is 108 cm³/mol. The second kappa shape index (κ2) is 7.70. The van der Waals surface area contributed by atoms with Gasteiger partial charge >= 0.3 is 6.03 Å². The number of fused-ring (bicyclic) bond motifs is 1. The van der Waals surface area contributed by atoms with Crippen molar-refractivity contribution in [1.82, 2.24) is 10.3 Å². The van der Waals surface area contributed by atoms with Gasteiger partial charge in [0.05, 0.1) is 16.0 Å². The summed E-state index contributed by atoms with van der Waals surface area (Å²) in [6, 6.07) is 11.6. The molecule has 0 radical (unpaired) electrons. The Labute approximate surface area is 165 Å². The van der Waals surface area contributed by atoms with E-state index in [9.17, 15) is 19.3 Å². The van der Waals surface area contributed by atoms with Crippen molar-refractivity contribution >= 4 is 34.0 Å². The number of rotatable bonds is 4. The van der Waals surface area contributed by atoms with Crippen molar-refractivity contribution in [3.05, 3.63) is 70.7 Å². The number of pyridine rings is 1. The highest BCUT2D eigenvalue weighted by atomic mass is 19.1. The molecule has 1 aliphatic rings. The number of anilines is 2. The largest absolute Gasteiger partial charge is 0.368 e. The molecule has 0 bridgehead atoms. The van der Waals surface area contributed by atoms with Gasteiger partial charge in [-0.1, -0.05) is 0 Å². The van der Waals surface area contributed by atoms with Gasteiger partial charge in [-0.3, -0.25) is 15.1 Å². The van der Waals surface area contributed by atoms with Crippen LogP contribution in [0.3, 0.4) is 0 Å². The van der Waals surface area contributed by atoms with Gasteiger partial charge in [0, 0.05) is 37.1 Å². The number of carbonyl (C=O) groups excluding carboxylic acids is 1. The van der Waals surface area contributed by atoms with Gasteiger partial charge in [-0.05, 0) is 48.9 Å². The molecule has 29 heavy (non-hydrogen) atoms. The quantitative estimate of drug-likeness (QED) is 0.518. The lowest BCUT2D eigenvalue weighted by molar-refractivity contribution is -0.383. The van der Waals surface area contributed by atoms with Gasteiger partial charge in [0.1, 0.15) is 11.3 Å². The molecule has 2 aromatic carbocycles.